The van der Waals surface area contributed by atoms with Gasteiger partial charge in [-0.2, -0.15) is 8.78 Å². The Hall–Kier alpha value is -2.75. The van der Waals surface area contributed by atoms with Gasteiger partial charge in [0.1, 0.15) is 5.75 Å². The summed E-state index contributed by atoms with van der Waals surface area (Å²) in [6, 6.07) is 3.53. The number of carbonyl (C=O) groups excluding carboxylic acids is 3. The maximum Gasteiger partial charge on any atom is 0.315 e. The topological polar surface area (TPSA) is 91.0 Å². The minimum absolute atomic E-state index is 0.00648. The highest BCUT2D eigenvalue weighted by Crippen LogP contribution is 2.47. The molecule has 35 heavy (non-hydrogen) atoms. The zero-order valence-corrected chi connectivity index (χ0v) is 20.5. The summed E-state index contributed by atoms with van der Waals surface area (Å²) in [4.78, 5) is 41.9. The standard InChI is InChI=1S/C25H34F2N4O4/c1-15(2)31(17-6-4-9-28-14-17)23(33)18-13-19-20(12-16(18)3)35-25(7-5-8-25)24(34)30(19)11-10-29-22(32)21(26)27/h12-13,15,17,21,28H,4-11,14H2,1-3H3,(H,29,32). The van der Waals surface area contributed by atoms with Gasteiger partial charge in [-0.05, 0) is 77.1 Å². The Morgan fingerprint density at radius 3 is 2.60 bits per heavy atom. The van der Waals surface area contributed by atoms with E-state index in [0.717, 1.165) is 37.9 Å². The number of halogens is 2. The second kappa shape index (κ2) is 10.1. The molecule has 1 aromatic rings. The summed E-state index contributed by atoms with van der Waals surface area (Å²) in [5.74, 6) is -1.26. The van der Waals surface area contributed by atoms with E-state index in [0.29, 0.717) is 29.8 Å². The fourth-order valence-electron chi connectivity index (χ4n) is 5.24. The Labute approximate surface area is 204 Å². The predicted octanol–water partition coefficient (Wildman–Crippen LogP) is 2.63. The summed E-state index contributed by atoms with van der Waals surface area (Å²) in [7, 11) is 0. The van der Waals surface area contributed by atoms with E-state index in [1.54, 1.807) is 12.1 Å². The van der Waals surface area contributed by atoms with Gasteiger partial charge in [0.2, 0.25) is 0 Å². The van der Waals surface area contributed by atoms with Crippen LogP contribution >= 0.6 is 0 Å². The normalized spacial score (nSPS) is 20.9. The third kappa shape index (κ3) is 4.85. The van der Waals surface area contributed by atoms with Gasteiger partial charge in [-0.1, -0.05) is 0 Å². The molecule has 10 heteroatoms. The van der Waals surface area contributed by atoms with Crippen molar-refractivity contribution in [1.29, 1.82) is 0 Å². The molecule has 3 aliphatic rings. The number of carbonyl (C=O) groups is 3. The monoisotopic (exact) mass is 492 g/mol. The van der Waals surface area contributed by atoms with E-state index in [1.165, 1.54) is 4.90 Å². The summed E-state index contributed by atoms with van der Waals surface area (Å²) >= 11 is 0. The fourth-order valence-corrected chi connectivity index (χ4v) is 5.24. The number of fused-ring (bicyclic) bond motifs is 1. The Kier molecular flexibility index (Phi) is 7.30. The number of hydrogen-bond donors (Lipinski definition) is 2. The van der Waals surface area contributed by atoms with Crippen LogP contribution in [0, 0.1) is 6.92 Å². The zero-order valence-electron chi connectivity index (χ0n) is 20.5. The van der Waals surface area contributed by atoms with Crippen molar-refractivity contribution in [2.75, 3.05) is 31.1 Å². The first kappa shape index (κ1) is 25.3. The first-order valence-electron chi connectivity index (χ1n) is 12.4. The molecule has 1 saturated heterocycles. The highest BCUT2D eigenvalue weighted by Gasteiger charge is 2.52. The molecule has 1 saturated carbocycles. The van der Waals surface area contributed by atoms with Crippen LogP contribution in [-0.2, 0) is 9.59 Å². The fraction of sp³-hybridized carbons (Fsp3) is 0.640. The number of amides is 3. The Morgan fingerprint density at radius 1 is 1.29 bits per heavy atom. The lowest BCUT2D eigenvalue weighted by Gasteiger charge is -2.47. The van der Waals surface area contributed by atoms with E-state index in [1.807, 2.05) is 25.7 Å². The van der Waals surface area contributed by atoms with Crippen molar-refractivity contribution in [2.24, 2.45) is 0 Å². The van der Waals surface area contributed by atoms with Crippen LogP contribution < -0.4 is 20.3 Å². The number of hydrogen-bond acceptors (Lipinski definition) is 5. The minimum Gasteiger partial charge on any atom is -0.475 e. The molecule has 2 N–H and O–H groups in total. The van der Waals surface area contributed by atoms with Crippen molar-refractivity contribution in [1.82, 2.24) is 15.5 Å². The number of ether oxygens (including phenoxy) is 1. The number of nitrogens with zero attached hydrogens (tertiary/aromatic N) is 2. The Balaban J connectivity index is 1.66. The number of alkyl halides is 2. The highest BCUT2D eigenvalue weighted by molar-refractivity contribution is 6.05. The lowest BCUT2D eigenvalue weighted by Crippen LogP contribution is -2.61. The lowest BCUT2D eigenvalue weighted by molar-refractivity contribution is -0.143. The quantitative estimate of drug-likeness (QED) is 0.611. The second-order valence-corrected chi connectivity index (χ2v) is 9.94. The van der Waals surface area contributed by atoms with Crippen LogP contribution in [0.3, 0.4) is 0 Å². The number of benzene rings is 1. The van der Waals surface area contributed by atoms with Gasteiger partial charge in [0.05, 0.1) is 5.69 Å². The first-order chi connectivity index (χ1) is 16.6. The van der Waals surface area contributed by atoms with Crippen molar-refractivity contribution in [3.05, 3.63) is 23.3 Å². The van der Waals surface area contributed by atoms with E-state index < -0.39 is 17.9 Å². The van der Waals surface area contributed by atoms with Crippen LogP contribution in [0.5, 0.6) is 5.75 Å². The summed E-state index contributed by atoms with van der Waals surface area (Å²) in [6.45, 7) is 7.38. The maximum atomic E-state index is 13.8. The smallest absolute Gasteiger partial charge is 0.315 e. The van der Waals surface area contributed by atoms with E-state index in [9.17, 15) is 23.2 Å². The maximum absolute atomic E-state index is 13.8. The molecule has 0 aromatic heterocycles. The molecule has 2 aliphatic heterocycles. The van der Waals surface area contributed by atoms with Crippen molar-refractivity contribution in [2.45, 2.75) is 77.0 Å². The number of rotatable bonds is 7. The van der Waals surface area contributed by atoms with Gasteiger partial charge in [-0.3, -0.25) is 14.4 Å². The van der Waals surface area contributed by atoms with E-state index >= 15 is 0 Å². The average molecular weight is 493 g/mol. The number of piperidine rings is 1. The molecule has 4 rings (SSSR count). The van der Waals surface area contributed by atoms with Crippen LogP contribution in [-0.4, -0.2) is 72.9 Å². The van der Waals surface area contributed by atoms with Crippen LogP contribution in [0.1, 0.15) is 61.9 Å². The van der Waals surface area contributed by atoms with Crippen molar-refractivity contribution >= 4 is 23.4 Å². The molecular formula is C25H34F2N4O4. The van der Waals surface area contributed by atoms with E-state index in [-0.39, 0.29) is 37.0 Å². The number of aryl methyl sites for hydroxylation is 1. The van der Waals surface area contributed by atoms with Gasteiger partial charge < -0.3 is 25.2 Å². The van der Waals surface area contributed by atoms with Crippen LogP contribution in [0.4, 0.5) is 14.5 Å². The third-order valence-electron chi connectivity index (χ3n) is 7.22. The van der Waals surface area contributed by atoms with Gasteiger partial charge in [0.25, 0.3) is 17.7 Å². The summed E-state index contributed by atoms with van der Waals surface area (Å²) in [5.41, 5.74) is 0.692. The molecule has 2 fully saturated rings. The molecule has 0 radical (unpaired) electrons. The molecule has 2 heterocycles. The van der Waals surface area contributed by atoms with Gasteiger partial charge in [0, 0.05) is 37.3 Å². The number of nitrogens with one attached hydrogen (secondary N) is 2. The molecule has 192 valence electrons. The molecule has 0 bridgehead atoms. The van der Waals surface area contributed by atoms with Crippen molar-refractivity contribution in [3.8, 4) is 5.75 Å². The molecule has 1 unspecified atom stereocenters. The number of anilines is 1. The summed E-state index contributed by atoms with van der Waals surface area (Å²) in [5, 5.41) is 5.52. The SMILES string of the molecule is Cc1cc2c(cc1C(=O)N(C(C)C)C1CCCNC1)N(CCNC(=O)C(F)F)C(=O)C1(CCC1)O2. The van der Waals surface area contributed by atoms with E-state index in [4.69, 9.17) is 4.74 Å². The predicted molar refractivity (Wildman–Crippen MR) is 127 cm³/mol. The molecule has 1 aliphatic carbocycles. The first-order valence-corrected chi connectivity index (χ1v) is 12.4. The largest absolute Gasteiger partial charge is 0.475 e. The van der Waals surface area contributed by atoms with Crippen LogP contribution in [0.2, 0.25) is 0 Å². The second-order valence-electron chi connectivity index (χ2n) is 9.94. The summed E-state index contributed by atoms with van der Waals surface area (Å²) < 4.78 is 31.4. The van der Waals surface area contributed by atoms with Gasteiger partial charge in [-0.15, -0.1) is 0 Å². The Morgan fingerprint density at radius 2 is 2.03 bits per heavy atom. The zero-order chi connectivity index (χ0) is 25.3. The minimum atomic E-state index is -3.12. The van der Waals surface area contributed by atoms with Gasteiger partial charge in [-0.25, -0.2) is 0 Å². The van der Waals surface area contributed by atoms with E-state index in [2.05, 4.69) is 10.6 Å². The van der Waals surface area contributed by atoms with Crippen molar-refractivity contribution < 1.29 is 27.9 Å². The molecule has 1 atom stereocenters. The van der Waals surface area contributed by atoms with Crippen LogP contribution in [0.25, 0.3) is 0 Å². The lowest BCUT2D eigenvalue weighted by atomic mass is 9.77. The molecule has 8 nitrogen and oxygen atoms in total. The van der Waals surface area contributed by atoms with Gasteiger partial charge in [0.15, 0.2) is 5.60 Å². The third-order valence-corrected chi connectivity index (χ3v) is 7.22. The molecule has 3 amide bonds. The summed E-state index contributed by atoms with van der Waals surface area (Å²) in [6.07, 6.45) is 0.782. The van der Waals surface area contributed by atoms with Crippen molar-refractivity contribution in [3.63, 3.8) is 0 Å². The Bertz CT molecular complexity index is 990. The van der Waals surface area contributed by atoms with Crippen LogP contribution in [0.15, 0.2) is 12.1 Å². The highest BCUT2D eigenvalue weighted by atomic mass is 19.3. The average Bonchev–Trinajstić information content (AvgIpc) is 2.79. The molecule has 1 spiro atoms. The van der Waals surface area contributed by atoms with Gasteiger partial charge >= 0.3 is 6.43 Å². The molecular weight excluding hydrogens is 458 g/mol. The molecule has 1 aromatic carbocycles.